The smallest absolute Gasteiger partial charge is 0.312 e. The van der Waals surface area contributed by atoms with Crippen molar-refractivity contribution in [2.24, 2.45) is 35.5 Å². The highest BCUT2D eigenvalue weighted by Crippen LogP contribution is 2.37. The van der Waals surface area contributed by atoms with Crippen LogP contribution in [-0.2, 0) is 67.2 Å². The molecule has 6 aromatic rings. The zero-order valence-corrected chi connectivity index (χ0v) is 70.4. The third-order valence-electron chi connectivity index (χ3n) is 24.1. The monoisotopic (exact) mass is 1840 g/mol. The van der Waals surface area contributed by atoms with Crippen LogP contribution in [0.3, 0.4) is 0 Å². The number of carbonyl (C=O) groups excluding carboxylic acids is 12. The van der Waals surface area contributed by atoms with Gasteiger partial charge in [-0.25, -0.2) is 13.2 Å². The van der Waals surface area contributed by atoms with Crippen LogP contribution < -0.4 is 53.2 Å². The second kappa shape index (κ2) is 42.6. The van der Waals surface area contributed by atoms with Gasteiger partial charge in [0.1, 0.15) is 47.5 Å². The molecule has 3 aromatic carbocycles. The minimum atomic E-state index is -2.09. The van der Waals surface area contributed by atoms with E-state index in [1.54, 1.807) is 0 Å². The highest BCUT2D eigenvalue weighted by molar-refractivity contribution is 6.02. The number of pyridine rings is 3. The number of para-hydroxylation sites is 3. The van der Waals surface area contributed by atoms with Crippen molar-refractivity contribution in [2.45, 2.75) is 209 Å². The molecule has 3 aliphatic heterocycles. The Morgan fingerprint density at radius 1 is 0.385 bits per heavy atom. The molecule has 16 N–H and O–H groups in total. The molecule has 33 nitrogen and oxygen atoms in total. The van der Waals surface area contributed by atoms with Gasteiger partial charge in [0.15, 0.2) is 23.6 Å². The van der Waals surface area contributed by atoms with E-state index < -0.39 is 303 Å². The standard InChI is InChI=1S/C29H33F4N5O6.C28H31F4N5O6.C28H30F4N4O7/c1-12-23(40)17(11-16-19(30)20(31)25(33)37-24(16)32)35-27(42)21(36-26(41)15-9-4-5-10-18(15)39)13(2)34-28(43)22(14-7-6-8-14)38(3)29(12)44;1-11-22(39)16(10-15-18(29)19(30)24(32)37-23(15)31)34-27(42)20(35-26(41)14-8-3-4-9-17(14)38)12(2)33-28(43)21(36-25(11)40)13-6-5-7-13;1-11-21(38)16(10-15-18(29)19(30)24(32)36-23(15)31)34-26(40)20(35-25(39)14-8-3-4-9-17(14)37)12(2)33-27(41)22(43-28(11)42)13-6-5-7-13/h4-5,9-10,12-14,17,21-23,39-40H,6-8,11H2,1-3H3,(H,34,43)(H,35,42)(H,36,41);3-4,8-9,11-13,16,20-22,38-39H,5-7,10H2,1-2H3,(H,33,43)(H,34,42)(H,35,41)(H,36,40);3-4,8-9,11-13,16,20-22,37-38H,5-7,10H2,1-2H3,(H,33,41)(H,34,40)(H,35,39)/t12-,13-,17+,21+,22?,23+;11-,12-,16+,20+,21?,22+;11-,12-,16+,20+,21+,22?/m111/s1. The van der Waals surface area contributed by atoms with Gasteiger partial charge in [0, 0.05) is 48.9 Å². The summed E-state index contributed by atoms with van der Waals surface area (Å²) in [5, 5.41) is 88.6. The number of carbonyl (C=O) groups is 12. The fraction of sp³-hybridized carbons (Fsp3) is 0.471. The largest absolute Gasteiger partial charge is 0.507 e. The minimum Gasteiger partial charge on any atom is -0.507 e. The van der Waals surface area contributed by atoms with E-state index in [9.17, 15) is 141 Å². The van der Waals surface area contributed by atoms with Gasteiger partial charge < -0.3 is 93.4 Å². The fourth-order valence-corrected chi connectivity index (χ4v) is 15.6. The first-order valence-electron chi connectivity index (χ1n) is 41.3. The Bertz CT molecular complexity index is 5100. The van der Waals surface area contributed by atoms with Crippen LogP contribution in [0, 0.1) is 106 Å². The van der Waals surface area contributed by atoms with Crippen molar-refractivity contribution in [3.8, 4) is 17.2 Å². The van der Waals surface area contributed by atoms with E-state index in [0.29, 0.717) is 38.5 Å². The van der Waals surface area contributed by atoms with E-state index in [-0.39, 0.29) is 34.4 Å². The van der Waals surface area contributed by atoms with Gasteiger partial charge in [-0.15, -0.1) is 0 Å². The maximum Gasteiger partial charge on any atom is 0.312 e. The molecule has 45 heteroatoms. The van der Waals surface area contributed by atoms with Crippen LogP contribution in [0.15, 0.2) is 72.8 Å². The second-order valence-corrected chi connectivity index (χ2v) is 32.8. The number of aromatic hydroxyl groups is 3. The van der Waals surface area contributed by atoms with Crippen molar-refractivity contribution in [1.82, 2.24) is 73.0 Å². The van der Waals surface area contributed by atoms with Gasteiger partial charge in [0.25, 0.3) is 41.5 Å². The van der Waals surface area contributed by atoms with Crippen LogP contribution >= 0.6 is 0 Å². The van der Waals surface area contributed by atoms with Crippen LogP contribution in [0.1, 0.15) is 147 Å². The predicted octanol–water partition coefficient (Wildman–Crippen LogP) is 3.68. The van der Waals surface area contributed by atoms with E-state index in [2.05, 4.69) is 68.1 Å². The van der Waals surface area contributed by atoms with Crippen molar-refractivity contribution in [2.75, 3.05) is 7.05 Å². The molecular formula is C85H94F12N14O19. The average Bonchev–Trinajstić information content (AvgIpc) is 0.787. The topological polar surface area (TPSA) is 498 Å². The number of phenolic OH excluding ortho intramolecular Hbond substituents is 3. The van der Waals surface area contributed by atoms with Crippen molar-refractivity contribution in [3.05, 3.63) is 177 Å². The number of hydrogen-bond acceptors (Lipinski definition) is 22. The first-order valence-corrected chi connectivity index (χ1v) is 41.3. The van der Waals surface area contributed by atoms with Gasteiger partial charge in [-0.05, 0) is 114 Å². The summed E-state index contributed by atoms with van der Waals surface area (Å²) in [4.78, 5) is 169. The molecule has 3 aliphatic carbocycles. The number of amides is 11. The van der Waals surface area contributed by atoms with Gasteiger partial charge in [-0.1, -0.05) is 69.5 Å². The summed E-state index contributed by atoms with van der Waals surface area (Å²) < 4.78 is 175. The van der Waals surface area contributed by atoms with Crippen molar-refractivity contribution < 1.29 is 146 Å². The number of halogens is 12. The molecule has 6 aliphatic rings. The summed E-state index contributed by atoms with van der Waals surface area (Å²) in [6.45, 7) is 7.84. The summed E-state index contributed by atoms with van der Waals surface area (Å²) in [6, 6.07) is 0.797. The number of aromatic nitrogens is 3. The molecule has 0 spiro atoms. The van der Waals surface area contributed by atoms with E-state index in [0.717, 1.165) is 24.2 Å². The first-order chi connectivity index (χ1) is 61.3. The summed E-state index contributed by atoms with van der Waals surface area (Å²) in [6.07, 6.45) is -3.96. The normalized spacial score (nSPS) is 27.1. The van der Waals surface area contributed by atoms with Crippen molar-refractivity contribution in [1.29, 1.82) is 0 Å². The maximum absolute atomic E-state index is 14.7. The number of benzene rings is 3. The molecular weight excluding hydrogens is 1750 g/mol. The molecule has 130 heavy (non-hydrogen) atoms. The summed E-state index contributed by atoms with van der Waals surface area (Å²) in [5.74, 6) is -40.3. The van der Waals surface area contributed by atoms with Gasteiger partial charge >= 0.3 is 5.97 Å². The zero-order valence-electron chi connectivity index (χ0n) is 70.4. The molecule has 3 aromatic heterocycles. The second-order valence-electron chi connectivity index (χ2n) is 32.8. The molecule has 3 unspecified atom stereocenters. The van der Waals surface area contributed by atoms with Crippen LogP contribution in [0.4, 0.5) is 52.7 Å². The molecule has 702 valence electrons. The number of nitrogens with one attached hydrogen (secondary N) is 10. The lowest BCUT2D eigenvalue weighted by Gasteiger charge is -2.41. The summed E-state index contributed by atoms with van der Waals surface area (Å²) in [5.41, 5.74) is -3.96. The fourth-order valence-electron chi connectivity index (χ4n) is 15.6. The molecule has 3 saturated heterocycles. The number of cyclic esters (lactones) is 1. The minimum absolute atomic E-state index is 0.204. The maximum atomic E-state index is 14.7. The number of phenols is 3. The number of aliphatic hydroxyl groups is 3. The number of rotatable bonds is 15. The number of ether oxygens (including phenoxy) is 1. The molecule has 6 heterocycles. The zero-order chi connectivity index (χ0) is 95.6. The Kier molecular flexibility index (Phi) is 32.6. The van der Waals surface area contributed by atoms with Crippen LogP contribution in [0.5, 0.6) is 17.2 Å². The molecule has 11 amide bonds. The van der Waals surface area contributed by atoms with Crippen LogP contribution in [0.2, 0.25) is 0 Å². The Morgan fingerprint density at radius 2 is 0.700 bits per heavy atom. The van der Waals surface area contributed by atoms with E-state index >= 15 is 0 Å². The lowest BCUT2D eigenvalue weighted by atomic mass is 9.78. The van der Waals surface area contributed by atoms with Gasteiger partial charge in [0.2, 0.25) is 76.6 Å². The molecule has 18 atom stereocenters. The van der Waals surface area contributed by atoms with E-state index in [1.807, 2.05) is 0 Å². The summed E-state index contributed by atoms with van der Waals surface area (Å²) >= 11 is 0. The highest BCUT2D eigenvalue weighted by atomic mass is 19.2. The Labute approximate surface area is 732 Å². The van der Waals surface area contributed by atoms with Crippen LogP contribution in [-0.4, -0.2) is 219 Å². The van der Waals surface area contributed by atoms with Gasteiger partial charge in [0.05, 0.1) is 89.0 Å². The van der Waals surface area contributed by atoms with Gasteiger partial charge in [-0.2, -0.15) is 54.5 Å². The molecule has 0 radical (unpaired) electrons. The Balaban J connectivity index is 0.000000203. The molecule has 12 rings (SSSR count). The highest BCUT2D eigenvalue weighted by Gasteiger charge is 2.49. The predicted molar refractivity (Wildman–Crippen MR) is 426 cm³/mol. The lowest BCUT2D eigenvalue weighted by Crippen LogP contribution is -2.65. The number of hydrogen-bond donors (Lipinski definition) is 16. The number of likely N-dealkylation sites (N-methyl/N-ethyl adjacent to an activating group) is 1. The van der Waals surface area contributed by atoms with Crippen molar-refractivity contribution in [3.63, 3.8) is 0 Å². The lowest BCUT2D eigenvalue weighted by molar-refractivity contribution is -0.169. The SMILES string of the molecule is C[C@H]1NC(=O)C(C2CCC2)N(C)C(=O)[C@H](C)[C@H](O)[C@H](Cc2c(F)nc(F)c(F)c2F)NC(=O)[C@H]1NC(=O)c1ccccc1O.C[C@H]1NC(=O)C(C2CCC2)NC(=O)[C@H](C)[C@H](O)[C@H](Cc2c(F)nc(F)c(F)c2F)NC(=O)[C@H]1NC(=O)c1ccccc1O.C[C@H]1NC(=O)C(C2CCC2)OC(=O)[C@H](C)[C@H](O)[C@H](Cc2c(F)nc(F)c(F)c2F)NC(=O)[C@H]1NC(=O)c1ccccc1O. The number of nitrogens with zero attached hydrogens (tertiary/aromatic N) is 4. The third kappa shape index (κ3) is 22.5. The van der Waals surface area contributed by atoms with Gasteiger partial charge in [-0.3, -0.25) is 57.5 Å². The van der Waals surface area contributed by atoms with E-state index in [4.69, 9.17) is 4.74 Å². The third-order valence-corrected chi connectivity index (χ3v) is 24.1. The summed E-state index contributed by atoms with van der Waals surface area (Å²) in [7, 11) is 1.37. The first kappa shape index (κ1) is 99.4. The quantitative estimate of drug-likeness (QED) is 0.0396. The number of aliphatic hydroxyl groups excluding tert-OH is 3. The number of esters is 1. The Morgan fingerprint density at radius 3 is 1.03 bits per heavy atom. The molecule has 6 fully saturated rings. The van der Waals surface area contributed by atoms with E-state index in [1.165, 1.54) is 121 Å². The Hall–Kier alpha value is -12.8. The molecule has 0 bridgehead atoms. The average molecular weight is 1840 g/mol. The van der Waals surface area contributed by atoms with Crippen LogP contribution in [0.25, 0.3) is 0 Å². The van der Waals surface area contributed by atoms with Crippen molar-refractivity contribution >= 4 is 70.9 Å². The molecule has 3 saturated carbocycles.